The van der Waals surface area contributed by atoms with Gasteiger partial charge in [0.25, 0.3) is 0 Å². The number of hydrogen-bond donors (Lipinski definition) is 1. The summed E-state index contributed by atoms with van der Waals surface area (Å²) in [7, 11) is -2.70. The third-order valence-corrected chi connectivity index (χ3v) is 7.78. The van der Waals surface area contributed by atoms with E-state index in [-0.39, 0.29) is 71.1 Å². The zero-order valence-electron chi connectivity index (χ0n) is 28.8. The quantitative estimate of drug-likeness (QED) is 0.0221. The SMILES string of the molecule is CCCCCCCCOC(=O)OCCCOP(=O)(N=C(N)N(C)CC(=O)OC(C)C)OCCCOC(=O)OCCCCCCCC. The van der Waals surface area contributed by atoms with Crippen molar-refractivity contribution in [2.75, 3.05) is 53.2 Å². The summed E-state index contributed by atoms with van der Waals surface area (Å²) >= 11 is 0. The summed E-state index contributed by atoms with van der Waals surface area (Å²) in [6.07, 6.45) is 11.3. The van der Waals surface area contributed by atoms with Gasteiger partial charge in [0, 0.05) is 19.9 Å². The van der Waals surface area contributed by atoms with Gasteiger partial charge in [0.15, 0.2) is 0 Å². The molecule has 0 bridgehead atoms. The van der Waals surface area contributed by atoms with Gasteiger partial charge in [-0.2, -0.15) is 0 Å². The maximum Gasteiger partial charge on any atom is 0.508 e. The molecule has 0 heterocycles. The molecule has 0 aromatic rings. The Morgan fingerprint density at radius 1 is 0.652 bits per heavy atom. The molecule has 0 aliphatic carbocycles. The molecule has 0 aromatic heterocycles. The fraction of sp³-hybridized carbons (Fsp3) is 0.871. The molecule has 0 saturated heterocycles. The Kier molecular flexibility index (Phi) is 27.0. The van der Waals surface area contributed by atoms with Crippen molar-refractivity contribution in [1.82, 2.24) is 4.90 Å². The van der Waals surface area contributed by atoms with Crippen LogP contribution in [0.4, 0.5) is 9.59 Å². The smallest absolute Gasteiger partial charge is 0.462 e. The second kappa shape index (κ2) is 28.6. The van der Waals surface area contributed by atoms with Crippen molar-refractivity contribution in [2.45, 2.75) is 124 Å². The lowest BCUT2D eigenvalue weighted by Gasteiger charge is -2.20. The first-order valence-electron chi connectivity index (χ1n) is 16.8. The van der Waals surface area contributed by atoms with Crippen LogP contribution < -0.4 is 5.73 Å². The van der Waals surface area contributed by atoms with Crippen molar-refractivity contribution < 1.29 is 51.7 Å². The van der Waals surface area contributed by atoms with E-state index in [1.807, 2.05) is 0 Å². The largest absolute Gasteiger partial charge is 0.508 e. The van der Waals surface area contributed by atoms with Crippen LogP contribution in [0.3, 0.4) is 0 Å². The van der Waals surface area contributed by atoms with Gasteiger partial charge in [-0.3, -0.25) is 13.8 Å². The Morgan fingerprint density at radius 2 is 1.04 bits per heavy atom. The number of nitrogens with two attached hydrogens (primary N) is 1. The van der Waals surface area contributed by atoms with E-state index in [9.17, 15) is 18.9 Å². The molecule has 0 rings (SSSR count). The van der Waals surface area contributed by atoms with Crippen LogP contribution in [0, 0.1) is 0 Å². The third-order valence-electron chi connectivity index (χ3n) is 6.31. The van der Waals surface area contributed by atoms with E-state index in [1.165, 1.54) is 50.5 Å². The minimum absolute atomic E-state index is 0.0375. The van der Waals surface area contributed by atoms with Crippen molar-refractivity contribution in [2.24, 2.45) is 10.5 Å². The number of carbonyl (C=O) groups is 3. The molecule has 0 atom stereocenters. The lowest BCUT2D eigenvalue weighted by atomic mass is 10.1. The summed E-state index contributed by atoms with van der Waals surface area (Å²) in [5.41, 5.74) is 5.97. The summed E-state index contributed by atoms with van der Waals surface area (Å²) < 4.78 is 53.5. The van der Waals surface area contributed by atoms with E-state index in [0.717, 1.165) is 38.5 Å². The Labute approximate surface area is 275 Å². The van der Waals surface area contributed by atoms with E-state index in [4.69, 9.17) is 38.5 Å². The molecule has 0 aliphatic heterocycles. The summed E-state index contributed by atoms with van der Waals surface area (Å²) in [6.45, 7) is 7.72. The lowest BCUT2D eigenvalue weighted by molar-refractivity contribution is -0.147. The molecule has 270 valence electrons. The maximum atomic E-state index is 13.4. The highest BCUT2D eigenvalue weighted by Crippen LogP contribution is 2.50. The first-order chi connectivity index (χ1) is 22.0. The minimum atomic E-state index is -4.17. The predicted molar refractivity (Wildman–Crippen MR) is 176 cm³/mol. The molecule has 0 aromatic carbocycles. The van der Waals surface area contributed by atoms with E-state index >= 15 is 0 Å². The molecule has 0 radical (unpaired) electrons. The molecular formula is C31H60N3O11P. The fourth-order valence-corrected chi connectivity index (χ4v) is 5.13. The van der Waals surface area contributed by atoms with Crippen LogP contribution in [-0.2, 0) is 42.1 Å². The molecular weight excluding hydrogens is 621 g/mol. The van der Waals surface area contributed by atoms with Crippen LogP contribution in [-0.4, -0.2) is 88.5 Å². The van der Waals surface area contributed by atoms with Gasteiger partial charge in [-0.15, -0.1) is 4.76 Å². The Bertz CT molecular complexity index is 846. The fourth-order valence-electron chi connectivity index (χ4n) is 3.82. The molecule has 0 aliphatic rings. The number of hydrogen-bond acceptors (Lipinski definition) is 11. The molecule has 0 spiro atoms. The van der Waals surface area contributed by atoms with Crippen molar-refractivity contribution in [3.63, 3.8) is 0 Å². The molecule has 0 fully saturated rings. The van der Waals surface area contributed by atoms with Crippen molar-refractivity contribution in [3.8, 4) is 0 Å². The second-order valence-corrected chi connectivity index (χ2v) is 12.8. The molecule has 0 amide bonds. The Hall–Kier alpha value is -2.57. The molecule has 46 heavy (non-hydrogen) atoms. The topological polar surface area (TPSA) is 175 Å². The van der Waals surface area contributed by atoms with E-state index < -0.39 is 26.0 Å². The molecule has 15 heteroatoms. The Balaban J connectivity index is 4.69. The van der Waals surface area contributed by atoms with E-state index in [2.05, 4.69) is 18.6 Å². The van der Waals surface area contributed by atoms with Crippen molar-refractivity contribution >= 4 is 32.0 Å². The summed E-state index contributed by atoms with van der Waals surface area (Å²) in [6, 6.07) is 0. The molecule has 2 N–H and O–H groups in total. The normalized spacial score (nSPS) is 11.7. The van der Waals surface area contributed by atoms with Crippen LogP contribution >= 0.6 is 7.75 Å². The molecule has 14 nitrogen and oxygen atoms in total. The van der Waals surface area contributed by atoms with Gasteiger partial charge >= 0.3 is 26.0 Å². The lowest BCUT2D eigenvalue weighted by Crippen LogP contribution is -2.38. The van der Waals surface area contributed by atoms with Crippen LogP contribution in [0.2, 0.25) is 0 Å². The highest BCUT2D eigenvalue weighted by atomic mass is 31.2. The number of guanidine groups is 1. The zero-order valence-corrected chi connectivity index (χ0v) is 29.7. The monoisotopic (exact) mass is 681 g/mol. The number of rotatable bonds is 28. The minimum Gasteiger partial charge on any atom is -0.462 e. The molecule has 0 saturated carbocycles. The van der Waals surface area contributed by atoms with Crippen LogP contribution in [0.5, 0.6) is 0 Å². The first-order valence-corrected chi connectivity index (χ1v) is 18.3. The average Bonchev–Trinajstić information content (AvgIpc) is 2.99. The summed E-state index contributed by atoms with van der Waals surface area (Å²) in [5, 5.41) is 0. The standard InChI is InChI=1S/C31H60N3O11P/c1-6-8-10-12-14-16-20-39-30(36)41-22-18-24-43-46(38,33-29(32)34(5)26-28(35)45-27(3)4)44-25-19-23-42-31(37)40-21-17-15-13-11-9-7-2/h27H,6-26H2,1-5H3,(H2,32,33,38). The van der Waals surface area contributed by atoms with Gasteiger partial charge in [0.05, 0.1) is 45.7 Å². The van der Waals surface area contributed by atoms with Crippen molar-refractivity contribution in [1.29, 1.82) is 0 Å². The first kappa shape index (κ1) is 43.4. The van der Waals surface area contributed by atoms with E-state index in [0.29, 0.717) is 0 Å². The van der Waals surface area contributed by atoms with Crippen LogP contribution in [0.1, 0.15) is 118 Å². The average molecular weight is 682 g/mol. The van der Waals surface area contributed by atoms with Crippen molar-refractivity contribution in [3.05, 3.63) is 0 Å². The van der Waals surface area contributed by atoms with Gasteiger partial charge in [-0.25, -0.2) is 14.2 Å². The van der Waals surface area contributed by atoms with Crippen LogP contribution in [0.25, 0.3) is 0 Å². The third kappa shape index (κ3) is 26.6. The maximum absolute atomic E-state index is 13.4. The number of unbranched alkanes of at least 4 members (excludes halogenated alkanes) is 10. The number of nitrogens with zero attached hydrogens (tertiary/aromatic N) is 2. The Morgan fingerprint density at radius 3 is 1.46 bits per heavy atom. The highest BCUT2D eigenvalue weighted by molar-refractivity contribution is 7.52. The van der Waals surface area contributed by atoms with E-state index in [1.54, 1.807) is 13.8 Å². The zero-order chi connectivity index (χ0) is 34.5. The number of ether oxygens (including phenoxy) is 5. The highest BCUT2D eigenvalue weighted by Gasteiger charge is 2.26. The van der Waals surface area contributed by atoms with Crippen LogP contribution in [0.15, 0.2) is 4.76 Å². The van der Waals surface area contributed by atoms with Gasteiger partial charge in [-0.05, 0) is 26.7 Å². The number of likely N-dealkylation sites (N-methyl/N-ethyl adjacent to an activating group) is 1. The summed E-state index contributed by atoms with van der Waals surface area (Å²) in [5.74, 6) is -0.818. The molecule has 0 unspecified atom stereocenters. The van der Waals surface area contributed by atoms with Gasteiger partial charge in [0.1, 0.15) is 6.54 Å². The van der Waals surface area contributed by atoms with Gasteiger partial charge < -0.3 is 34.3 Å². The van der Waals surface area contributed by atoms with Gasteiger partial charge in [-0.1, -0.05) is 78.1 Å². The summed E-state index contributed by atoms with van der Waals surface area (Å²) in [4.78, 5) is 36.8. The van der Waals surface area contributed by atoms with Gasteiger partial charge in [0.2, 0.25) is 5.96 Å². The number of esters is 1. The number of carbonyl (C=O) groups excluding carboxylic acids is 3. The second-order valence-electron chi connectivity index (χ2n) is 11.1. The predicted octanol–water partition coefficient (Wildman–Crippen LogP) is 7.13.